The highest BCUT2D eigenvalue weighted by atomic mass is 32.2. The standard InChI is InChI=1S/C26H17F3N2O4S/c1-15-21-12-16(2-9-25(21)35-30-15)22-14-19(31-36(32,33)20-7-3-17(27)4-8-20)6-11-24(22)34-26-10-5-18(28)13-23(26)29/h2-14,31H,1H3. The lowest BCUT2D eigenvalue weighted by atomic mass is 10.0. The van der Waals surface area contributed by atoms with Gasteiger partial charge in [0.2, 0.25) is 0 Å². The van der Waals surface area contributed by atoms with Crippen molar-refractivity contribution in [1.82, 2.24) is 5.16 Å². The number of sulfonamides is 1. The second-order valence-corrected chi connectivity index (χ2v) is 9.61. The molecule has 0 aliphatic carbocycles. The quantitative estimate of drug-likeness (QED) is 0.271. The van der Waals surface area contributed by atoms with Gasteiger partial charge in [-0.2, -0.15) is 0 Å². The maximum absolute atomic E-state index is 14.3. The van der Waals surface area contributed by atoms with E-state index in [2.05, 4.69) is 9.88 Å². The van der Waals surface area contributed by atoms with Gasteiger partial charge in [-0.3, -0.25) is 4.72 Å². The van der Waals surface area contributed by atoms with Crippen molar-refractivity contribution in [2.75, 3.05) is 4.72 Å². The fraction of sp³-hybridized carbons (Fsp3) is 0.0385. The summed E-state index contributed by atoms with van der Waals surface area (Å²) in [5.74, 6) is -2.23. The van der Waals surface area contributed by atoms with E-state index < -0.39 is 27.5 Å². The SMILES string of the molecule is Cc1noc2ccc(-c3cc(NS(=O)(=O)c4ccc(F)cc4)ccc3Oc3ccc(F)cc3F)cc12. The minimum absolute atomic E-state index is 0.124. The summed E-state index contributed by atoms with van der Waals surface area (Å²) >= 11 is 0. The third-order valence-corrected chi connectivity index (χ3v) is 6.83. The van der Waals surface area contributed by atoms with Gasteiger partial charge in [0.05, 0.1) is 10.6 Å². The van der Waals surface area contributed by atoms with Crippen LogP contribution in [0.25, 0.3) is 22.1 Å². The zero-order valence-electron chi connectivity index (χ0n) is 18.6. The first-order valence-corrected chi connectivity index (χ1v) is 12.1. The van der Waals surface area contributed by atoms with E-state index in [1.165, 1.54) is 18.2 Å². The van der Waals surface area contributed by atoms with E-state index in [0.717, 1.165) is 41.8 Å². The maximum Gasteiger partial charge on any atom is 0.261 e. The van der Waals surface area contributed by atoms with Crippen LogP contribution in [0.15, 0.2) is 88.3 Å². The van der Waals surface area contributed by atoms with Gasteiger partial charge in [0, 0.05) is 22.7 Å². The Morgan fingerprint density at radius 3 is 2.31 bits per heavy atom. The Hall–Kier alpha value is -4.31. The second-order valence-electron chi connectivity index (χ2n) is 7.93. The molecule has 0 spiro atoms. The topological polar surface area (TPSA) is 81.4 Å². The van der Waals surface area contributed by atoms with Gasteiger partial charge in [-0.1, -0.05) is 11.2 Å². The number of aryl methyl sites for hydroxylation is 1. The lowest BCUT2D eigenvalue weighted by Gasteiger charge is -2.15. The molecule has 6 nitrogen and oxygen atoms in total. The number of benzene rings is 4. The molecule has 10 heteroatoms. The van der Waals surface area contributed by atoms with Crippen LogP contribution in [-0.2, 0) is 10.0 Å². The van der Waals surface area contributed by atoms with Crippen LogP contribution in [0.4, 0.5) is 18.9 Å². The summed E-state index contributed by atoms with van der Waals surface area (Å²) < 4.78 is 80.0. The molecule has 0 saturated heterocycles. The lowest BCUT2D eigenvalue weighted by Crippen LogP contribution is -2.13. The number of hydrogen-bond acceptors (Lipinski definition) is 5. The van der Waals surface area contributed by atoms with Gasteiger partial charge in [-0.05, 0) is 79.2 Å². The van der Waals surface area contributed by atoms with Gasteiger partial charge < -0.3 is 9.26 Å². The number of nitrogens with zero attached hydrogens (tertiary/aromatic N) is 1. The predicted molar refractivity (Wildman–Crippen MR) is 128 cm³/mol. The summed E-state index contributed by atoms with van der Waals surface area (Å²) in [5.41, 5.74) is 2.40. The monoisotopic (exact) mass is 510 g/mol. The number of rotatable bonds is 6. The minimum atomic E-state index is -4.03. The van der Waals surface area contributed by atoms with Crippen LogP contribution >= 0.6 is 0 Å². The highest BCUT2D eigenvalue weighted by Gasteiger charge is 2.18. The molecule has 36 heavy (non-hydrogen) atoms. The molecule has 0 radical (unpaired) electrons. The molecule has 0 aliphatic heterocycles. The summed E-state index contributed by atoms with van der Waals surface area (Å²) in [5, 5.41) is 4.66. The number of fused-ring (bicyclic) bond motifs is 1. The van der Waals surface area contributed by atoms with Crippen LogP contribution in [0.1, 0.15) is 5.69 Å². The van der Waals surface area contributed by atoms with Crippen molar-refractivity contribution in [3.63, 3.8) is 0 Å². The van der Waals surface area contributed by atoms with Crippen LogP contribution in [0, 0.1) is 24.4 Å². The van der Waals surface area contributed by atoms with E-state index in [1.807, 2.05) is 0 Å². The molecular weight excluding hydrogens is 493 g/mol. The number of halogens is 3. The highest BCUT2D eigenvalue weighted by molar-refractivity contribution is 7.92. The molecule has 0 aliphatic rings. The Labute approximate surface area is 204 Å². The average Bonchev–Trinajstić information content (AvgIpc) is 3.22. The van der Waals surface area contributed by atoms with Crippen LogP contribution in [0.3, 0.4) is 0 Å². The van der Waals surface area contributed by atoms with Crippen molar-refractivity contribution in [3.05, 3.63) is 102 Å². The third-order valence-electron chi connectivity index (χ3n) is 5.43. The van der Waals surface area contributed by atoms with E-state index in [4.69, 9.17) is 9.26 Å². The molecule has 0 atom stereocenters. The number of anilines is 1. The van der Waals surface area contributed by atoms with Gasteiger partial charge in [-0.25, -0.2) is 21.6 Å². The molecule has 5 aromatic rings. The Balaban J connectivity index is 1.59. The average molecular weight is 510 g/mol. The van der Waals surface area contributed by atoms with Gasteiger partial charge in [0.1, 0.15) is 17.4 Å². The van der Waals surface area contributed by atoms with Gasteiger partial charge in [0.25, 0.3) is 10.0 Å². The molecule has 5 rings (SSSR count). The first-order chi connectivity index (χ1) is 17.2. The highest BCUT2D eigenvalue weighted by Crippen LogP contribution is 2.38. The van der Waals surface area contributed by atoms with Crippen LogP contribution < -0.4 is 9.46 Å². The van der Waals surface area contributed by atoms with Crippen LogP contribution in [0.2, 0.25) is 0 Å². The molecule has 0 saturated carbocycles. The summed E-state index contributed by atoms with van der Waals surface area (Å²) in [6.07, 6.45) is 0. The summed E-state index contributed by atoms with van der Waals surface area (Å²) in [4.78, 5) is -0.124. The van der Waals surface area contributed by atoms with Crippen LogP contribution in [-0.4, -0.2) is 13.6 Å². The molecular formula is C26H17F3N2O4S. The van der Waals surface area contributed by atoms with Crippen molar-refractivity contribution in [2.24, 2.45) is 0 Å². The zero-order valence-corrected chi connectivity index (χ0v) is 19.4. The number of nitrogens with one attached hydrogen (secondary N) is 1. The Morgan fingerprint density at radius 1 is 0.833 bits per heavy atom. The van der Waals surface area contributed by atoms with E-state index in [1.54, 1.807) is 25.1 Å². The number of aromatic nitrogens is 1. The van der Waals surface area contributed by atoms with E-state index in [0.29, 0.717) is 28.5 Å². The summed E-state index contributed by atoms with van der Waals surface area (Å²) in [7, 11) is -4.03. The fourth-order valence-corrected chi connectivity index (χ4v) is 4.69. The van der Waals surface area contributed by atoms with Crippen molar-refractivity contribution >= 4 is 26.7 Å². The third kappa shape index (κ3) is 4.63. The lowest BCUT2D eigenvalue weighted by molar-refractivity contribution is 0.439. The first-order valence-electron chi connectivity index (χ1n) is 10.6. The Kier molecular flexibility index (Phi) is 5.89. The van der Waals surface area contributed by atoms with Gasteiger partial charge in [0.15, 0.2) is 17.1 Å². The fourth-order valence-electron chi connectivity index (χ4n) is 3.64. The molecule has 0 unspecified atom stereocenters. The second kappa shape index (κ2) is 9.04. The number of hydrogen-bond donors (Lipinski definition) is 1. The Morgan fingerprint density at radius 2 is 1.56 bits per heavy atom. The van der Waals surface area contributed by atoms with E-state index >= 15 is 0 Å². The molecule has 0 amide bonds. The molecule has 1 N–H and O–H groups in total. The molecule has 1 aromatic heterocycles. The van der Waals surface area contributed by atoms with Crippen molar-refractivity contribution in [1.29, 1.82) is 0 Å². The molecule has 4 aromatic carbocycles. The molecule has 1 heterocycles. The van der Waals surface area contributed by atoms with Crippen molar-refractivity contribution in [2.45, 2.75) is 11.8 Å². The summed E-state index contributed by atoms with van der Waals surface area (Å²) in [6.45, 7) is 1.77. The first kappa shape index (κ1) is 23.4. The van der Waals surface area contributed by atoms with Gasteiger partial charge >= 0.3 is 0 Å². The van der Waals surface area contributed by atoms with E-state index in [-0.39, 0.29) is 22.1 Å². The van der Waals surface area contributed by atoms with Crippen molar-refractivity contribution in [3.8, 4) is 22.6 Å². The number of ether oxygens (including phenoxy) is 1. The van der Waals surface area contributed by atoms with Gasteiger partial charge in [-0.15, -0.1) is 0 Å². The largest absolute Gasteiger partial charge is 0.454 e. The molecule has 0 bridgehead atoms. The minimum Gasteiger partial charge on any atom is -0.454 e. The zero-order chi connectivity index (χ0) is 25.4. The summed E-state index contributed by atoms with van der Waals surface area (Å²) in [6, 6.07) is 16.9. The predicted octanol–water partition coefficient (Wildman–Crippen LogP) is 6.81. The normalized spacial score (nSPS) is 11.6. The smallest absolute Gasteiger partial charge is 0.261 e. The van der Waals surface area contributed by atoms with E-state index in [9.17, 15) is 21.6 Å². The Bertz CT molecular complexity index is 1700. The van der Waals surface area contributed by atoms with Crippen LogP contribution in [0.5, 0.6) is 11.5 Å². The molecule has 182 valence electrons. The molecule has 0 fully saturated rings. The van der Waals surface area contributed by atoms with Crippen molar-refractivity contribution < 1.29 is 30.8 Å². The maximum atomic E-state index is 14.3.